The van der Waals surface area contributed by atoms with Gasteiger partial charge in [0.15, 0.2) is 0 Å². The standard InChI is InChI=1S/C15H16Br2N2O/c1-10(11-6-7-14(20-2)13(16)8-11)18-9-12-4-3-5-15(17)19-12/h3-8,10,18H,9H2,1-2H3. The SMILES string of the molecule is COc1ccc(C(C)NCc2cccc(Br)n2)cc1Br. The Bertz CT molecular complexity index is 590. The summed E-state index contributed by atoms with van der Waals surface area (Å²) < 4.78 is 7.06. The highest BCUT2D eigenvalue weighted by atomic mass is 79.9. The molecule has 0 aliphatic rings. The molecular weight excluding hydrogens is 384 g/mol. The summed E-state index contributed by atoms with van der Waals surface area (Å²) in [6.07, 6.45) is 0. The third-order valence-corrected chi connectivity index (χ3v) is 4.10. The molecule has 0 bridgehead atoms. The van der Waals surface area contributed by atoms with Gasteiger partial charge in [0.05, 0.1) is 17.3 Å². The maximum Gasteiger partial charge on any atom is 0.133 e. The second kappa shape index (κ2) is 7.20. The number of nitrogens with one attached hydrogen (secondary N) is 1. The van der Waals surface area contributed by atoms with Crippen molar-refractivity contribution in [2.45, 2.75) is 19.5 Å². The van der Waals surface area contributed by atoms with Crippen molar-refractivity contribution in [3.63, 3.8) is 0 Å². The van der Waals surface area contributed by atoms with E-state index >= 15 is 0 Å². The van der Waals surface area contributed by atoms with Crippen molar-refractivity contribution in [1.82, 2.24) is 10.3 Å². The van der Waals surface area contributed by atoms with E-state index in [2.05, 4.69) is 61.2 Å². The molecular formula is C15H16Br2N2O. The molecule has 0 radical (unpaired) electrons. The van der Waals surface area contributed by atoms with Crippen LogP contribution < -0.4 is 10.1 Å². The van der Waals surface area contributed by atoms with Crippen LogP contribution in [0.2, 0.25) is 0 Å². The molecule has 0 amide bonds. The molecule has 106 valence electrons. The van der Waals surface area contributed by atoms with E-state index in [1.54, 1.807) is 7.11 Å². The number of pyridine rings is 1. The highest BCUT2D eigenvalue weighted by molar-refractivity contribution is 9.10. The van der Waals surface area contributed by atoms with E-state index in [0.29, 0.717) is 0 Å². The number of benzene rings is 1. The number of hydrogen-bond donors (Lipinski definition) is 1. The molecule has 1 aromatic carbocycles. The first-order chi connectivity index (χ1) is 9.60. The van der Waals surface area contributed by atoms with Crippen LogP contribution in [-0.2, 0) is 6.54 Å². The molecule has 0 spiro atoms. The van der Waals surface area contributed by atoms with Crippen LogP contribution in [0.1, 0.15) is 24.2 Å². The third-order valence-electron chi connectivity index (χ3n) is 3.04. The van der Waals surface area contributed by atoms with Gasteiger partial charge in [-0.3, -0.25) is 0 Å². The first kappa shape index (κ1) is 15.5. The van der Waals surface area contributed by atoms with Gasteiger partial charge in [-0.05, 0) is 68.6 Å². The summed E-state index contributed by atoms with van der Waals surface area (Å²) in [5.74, 6) is 0.842. The normalized spacial score (nSPS) is 12.2. The summed E-state index contributed by atoms with van der Waals surface area (Å²) in [6, 6.07) is 12.3. The molecule has 1 heterocycles. The Labute approximate surface area is 136 Å². The molecule has 3 nitrogen and oxygen atoms in total. The van der Waals surface area contributed by atoms with Gasteiger partial charge in [-0.25, -0.2) is 4.98 Å². The Morgan fingerprint density at radius 1 is 1.25 bits per heavy atom. The van der Waals surface area contributed by atoms with Crippen LogP contribution in [0, 0.1) is 0 Å². The molecule has 0 fully saturated rings. The average molecular weight is 400 g/mol. The van der Waals surface area contributed by atoms with Crippen LogP contribution in [-0.4, -0.2) is 12.1 Å². The summed E-state index contributed by atoms with van der Waals surface area (Å²) in [6.45, 7) is 2.86. The van der Waals surface area contributed by atoms with Crippen molar-refractivity contribution in [2.75, 3.05) is 7.11 Å². The number of rotatable bonds is 5. The molecule has 2 rings (SSSR count). The Kier molecular flexibility index (Phi) is 5.57. The number of methoxy groups -OCH3 is 1. The highest BCUT2D eigenvalue weighted by Crippen LogP contribution is 2.28. The summed E-state index contributed by atoms with van der Waals surface area (Å²) in [4.78, 5) is 4.41. The van der Waals surface area contributed by atoms with Gasteiger partial charge in [-0.2, -0.15) is 0 Å². The number of aromatic nitrogens is 1. The van der Waals surface area contributed by atoms with Gasteiger partial charge in [-0.1, -0.05) is 12.1 Å². The second-order valence-corrected chi connectivity index (χ2v) is 6.12. The molecule has 5 heteroatoms. The molecule has 0 saturated heterocycles. The van der Waals surface area contributed by atoms with Crippen LogP contribution in [0.15, 0.2) is 45.5 Å². The number of ether oxygens (including phenoxy) is 1. The van der Waals surface area contributed by atoms with Crippen LogP contribution in [0.4, 0.5) is 0 Å². The van der Waals surface area contributed by atoms with Crippen LogP contribution >= 0.6 is 31.9 Å². The van der Waals surface area contributed by atoms with Crippen molar-refractivity contribution in [1.29, 1.82) is 0 Å². The summed E-state index contributed by atoms with van der Waals surface area (Å²) >= 11 is 6.89. The van der Waals surface area contributed by atoms with Gasteiger partial charge in [0.1, 0.15) is 10.4 Å². The van der Waals surface area contributed by atoms with Crippen molar-refractivity contribution in [3.05, 3.63) is 56.7 Å². The fourth-order valence-electron chi connectivity index (χ4n) is 1.88. The largest absolute Gasteiger partial charge is 0.496 e. The molecule has 1 N–H and O–H groups in total. The lowest BCUT2D eigenvalue weighted by atomic mass is 10.1. The second-order valence-electron chi connectivity index (χ2n) is 4.45. The van der Waals surface area contributed by atoms with E-state index in [9.17, 15) is 0 Å². The summed E-state index contributed by atoms with van der Waals surface area (Å²) in [5.41, 5.74) is 2.21. The number of halogens is 2. The molecule has 0 saturated carbocycles. The highest BCUT2D eigenvalue weighted by Gasteiger charge is 2.08. The maximum atomic E-state index is 5.24. The molecule has 2 aromatic rings. The minimum absolute atomic E-state index is 0.234. The lowest BCUT2D eigenvalue weighted by Crippen LogP contribution is -2.18. The minimum atomic E-state index is 0.234. The van der Waals surface area contributed by atoms with Crippen molar-refractivity contribution >= 4 is 31.9 Å². The van der Waals surface area contributed by atoms with Crippen molar-refractivity contribution in [3.8, 4) is 5.75 Å². The lowest BCUT2D eigenvalue weighted by molar-refractivity contribution is 0.411. The predicted octanol–water partition coefficient (Wildman–Crippen LogP) is 4.47. The lowest BCUT2D eigenvalue weighted by Gasteiger charge is -2.15. The Morgan fingerprint density at radius 3 is 2.70 bits per heavy atom. The molecule has 20 heavy (non-hydrogen) atoms. The van der Waals surface area contributed by atoms with Crippen LogP contribution in [0.3, 0.4) is 0 Å². The van der Waals surface area contributed by atoms with Crippen LogP contribution in [0.25, 0.3) is 0 Å². The Morgan fingerprint density at radius 2 is 2.05 bits per heavy atom. The molecule has 0 aliphatic heterocycles. The van der Waals surface area contributed by atoms with E-state index in [1.165, 1.54) is 5.56 Å². The monoisotopic (exact) mass is 398 g/mol. The molecule has 1 unspecified atom stereocenters. The van der Waals surface area contributed by atoms with Gasteiger partial charge < -0.3 is 10.1 Å². The molecule has 1 aromatic heterocycles. The first-order valence-electron chi connectivity index (χ1n) is 6.28. The summed E-state index contributed by atoms with van der Waals surface area (Å²) in [5, 5.41) is 3.46. The van der Waals surface area contributed by atoms with Crippen LogP contribution in [0.5, 0.6) is 5.75 Å². The maximum absolute atomic E-state index is 5.24. The molecule has 1 atom stereocenters. The average Bonchev–Trinajstić information content (AvgIpc) is 2.44. The van der Waals surface area contributed by atoms with Gasteiger partial charge >= 0.3 is 0 Å². The van der Waals surface area contributed by atoms with Gasteiger partial charge in [0.2, 0.25) is 0 Å². The summed E-state index contributed by atoms with van der Waals surface area (Å²) in [7, 11) is 1.67. The quantitative estimate of drug-likeness (QED) is 0.753. The minimum Gasteiger partial charge on any atom is -0.496 e. The number of hydrogen-bond acceptors (Lipinski definition) is 3. The Hall–Kier alpha value is -0.910. The third kappa shape index (κ3) is 4.04. The van der Waals surface area contributed by atoms with E-state index in [1.807, 2.05) is 24.3 Å². The van der Waals surface area contributed by atoms with Gasteiger partial charge in [0.25, 0.3) is 0 Å². The first-order valence-corrected chi connectivity index (χ1v) is 7.87. The zero-order valence-corrected chi connectivity index (χ0v) is 14.5. The number of nitrogens with zero attached hydrogens (tertiary/aromatic N) is 1. The van der Waals surface area contributed by atoms with Crippen molar-refractivity contribution < 1.29 is 4.74 Å². The van der Waals surface area contributed by atoms with E-state index in [-0.39, 0.29) is 6.04 Å². The zero-order valence-electron chi connectivity index (χ0n) is 11.4. The van der Waals surface area contributed by atoms with E-state index in [0.717, 1.165) is 27.1 Å². The van der Waals surface area contributed by atoms with Gasteiger partial charge in [0, 0.05) is 12.6 Å². The fraction of sp³-hybridized carbons (Fsp3) is 0.267. The molecule has 0 aliphatic carbocycles. The Balaban J connectivity index is 2.01. The topological polar surface area (TPSA) is 34.1 Å². The predicted molar refractivity (Wildman–Crippen MR) is 87.9 cm³/mol. The van der Waals surface area contributed by atoms with Crippen molar-refractivity contribution in [2.24, 2.45) is 0 Å². The fourth-order valence-corrected chi connectivity index (χ4v) is 2.81. The van der Waals surface area contributed by atoms with E-state index in [4.69, 9.17) is 4.74 Å². The zero-order chi connectivity index (χ0) is 14.5. The van der Waals surface area contributed by atoms with E-state index < -0.39 is 0 Å². The smallest absolute Gasteiger partial charge is 0.133 e. The van der Waals surface area contributed by atoms with Gasteiger partial charge in [-0.15, -0.1) is 0 Å².